The van der Waals surface area contributed by atoms with Gasteiger partial charge >= 0.3 is 0 Å². The third-order valence-electron chi connectivity index (χ3n) is 4.92. The largest absolute Gasteiger partial charge is 0.336 e. The van der Waals surface area contributed by atoms with Gasteiger partial charge < -0.3 is 14.3 Å². The maximum atomic E-state index is 12.3. The van der Waals surface area contributed by atoms with E-state index in [2.05, 4.69) is 21.5 Å². The van der Waals surface area contributed by atoms with Crippen molar-refractivity contribution in [1.82, 2.24) is 19.4 Å². The Kier molecular flexibility index (Phi) is 7.75. The Labute approximate surface area is 155 Å². The van der Waals surface area contributed by atoms with Crippen LogP contribution in [-0.4, -0.2) is 44.7 Å². The molecule has 1 amide bonds. The molecule has 2 aromatic heterocycles. The molecule has 0 radical (unpaired) electrons. The van der Waals surface area contributed by atoms with Gasteiger partial charge in [0.2, 0.25) is 5.91 Å². The van der Waals surface area contributed by atoms with E-state index in [9.17, 15) is 9.59 Å². The number of aldehydes is 1. The first-order valence-electron chi connectivity index (χ1n) is 9.56. The number of carbonyl (C=O) groups is 2. The van der Waals surface area contributed by atoms with Crippen molar-refractivity contribution in [2.45, 2.75) is 71.4 Å². The number of hydrogen-bond donors (Lipinski definition) is 0. The highest BCUT2D eigenvalue weighted by Gasteiger charge is 2.18. The minimum Gasteiger partial charge on any atom is -0.336 e. The van der Waals surface area contributed by atoms with Gasteiger partial charge in [-0.2, -0.15) is 0 Å². The van der Waals surface area contributed by atoms with Crippen LogP contribution in [-0.2, 0) is 16.1 Å². The molecule has 0 spiro atoms. The molecule has 0 saturated carbocycles. The quantitative estimate of drug-likeness (QED) is 0.455. The fraction of sp³-hybridized carbons (Fsp3) is 0.600. The van der Waals surface area contributed by atoms with E-state index >= 15 is 0 Å². The number of imidazole rings is 1. The summed E-state index contributed by atoms with van der Waals surface area (Å²) in [5.74, 6) is 1.06. The van der Waals surface area contributed by atoms with Gasteiger partial charge in [0.1, 0.15) is 17.6 Å². The molecule has 0 fully saturated rings. The number of amides is 1. The van der Waals surface area contributed by atoms with Crippen LogP contribution in [0.3, 0.4) is 0 Å². The van der Waals surface area contributed by atoms with Gasteiger partial charge in [-0.25, -0.2) is 4.98 Å². The second kappa shape index (κ2) is 10.0. The van der Waals surface area contributed by atoms with Gasteiger partial charge in [-0.3, -0.25) is 9.78 Å². The minimum absolute atomic E-state index is 0.0635. The zero-order chi connectivity index (χ0) is 18.9. The molecule has 0 aliphatic heterocycles. The second-order valence-corrected chi connectivity index (χ2v) is 6.84. The summed E-state index contributed by atoms with van der Waals surface area (Å²) in [6.07, 6.45) is 10.5. The van der Waals surface area contributed by atoms with E-state index in [1.54, 1.807) is 24.3 Å². The fourth-order valence-corrected chi connectivity index (χ4v) is 3.23. The predicted molar refractivity (Wildman–Crippen MR) is 103 cm³/mol. The van der Waals surface area contributed by atoms with Gasteiger partial charge in [-0.15, -0.1) is 0 Å². The first-order valence-corrected chi connectivity index (χ1v) is 9.56. The van der Waals surface area contributed by atoms with Crippen molar-refractivity contribution in [1.29, 1.82) is 0 Å². The Morgan fingerprint density at radius 1 is 1.31 bits per heavy atom. The summed E-state index contributed by atoms with van der Waals surface area (Å²) >= 11 is 0. The topological polar surface area (TPSA) is 68.1 Å². The number of rotatable bonds is 11. The summed E-state index contributed by atoms with van der Waals surface area (Å²) in [4.78, 5) is 33.7. The molecule has 0 saturated heterocycles. The van der Waals surface area contributed by atoms with Crippen LogP contribution in [0.25, 0.3) is 11.0 Å². The number of likely N-dealkylation sites (N-methyl/N-ethyl adjacent to an activating group) is 1. The maximum Gasteiger partial charge on any atom is 0.222 e. The summed E-state index contributed by atoms with van der Waals surface area (Å²) < 4.78 is 2.21. The van der Waals surface area contributed by atoms with Crippen molar-refractivity contribution in [2.75, 3.05) is 7.05 Å². The molecule has 0 bridgehead atoms. The molecule has 142 valence electrons. The molecule has 0 aromatic carbocycles. The van der Waals surface area contributed by atoms with Crippen molar-refractivity contribution < 1.29 is 9.59 Å². The van der Waals surface area contributed by atoms with E-state index < -0.39 is 0 Å². The molecule has 6 heteroatoms. The second-order valence-electron chi connectivity index (χ2n) is 6.84. The van der Waals surface area contributed by atoms with Gasteiger partial charge in [0.25, 0.3) is 0 Å². The number of unbranched alkanes of at least 4 members (excludes halogenated alkanes) is 3. The molecule has 6 nitrogen and oxygen atoms in total. The molecule has 2 aromatic rings. The number of nitrogens with zero attached hydrogens (tertiary/aromatic N) is 4. The fourth-order valence-electron chi connectivity index (χ4n) is 3.23. The highest BCUT2D eigenvalue weighted by Crippen LogP contribution is 2.16. The Morgan fingerprint density at radius 3 is 2.85 bits per heavy atom. The normalized spacial score (nSPS) is 12.3. The molecular formula is C20H30N4O2. The van der Waals surface area contributed by atoms with Crippen molar-refractivity contribution in [2.24, 2.45) is 0 Å². The first kappa shape index (κ1) is 20.1. The predicted octanol–water partition coefficient (Wildman–Crippen LogP) is 3.52. The first-order chi connectivity index (χ1) is 12.6. The smallest absolute Gasteiger partial charge is 0.222 e. The zero-order valence-electron chi connectivity index (χ0n) is 16.1. The average Bonchev–Trinajstić information content (AvgIpc) is 2.97. The molecule has 1 atom stereocenters. The van der Waals surface area contributed by atoms with E-state index in [1.165, 1.54) is 0 Å². The molecule has 2 rings (SSSR count). The molecule has 26 heavy (non-hydrogen) atoms. The van der Waals surface area contributed by atoms with Crippen LogP contribution in [0.2, 0.25) is 0 Å². The van der Waals surface area contributed by atoms with E-state index in [-0.39, 0.29) is 11.9 Å². The molecule has 0 unspecified atom stereocenters. The molecule has 0 aliphatic carbocycles. The Bertz CT molecular complexity index is 726. The Morgan fingerprint density at radius 2 is 2.12 bits per heavy atom. The number of carbonyl (C=O) groups excluding carboxylic acids is 2. The molecular weight excluding hydrogens is 328 g/mol. The van der Waals surface area contributed by atoms with Gasteiger partial charge in [0.15, 0.2) is 0 Å². The Hall–Kier alpha value is -2.24. The van der Waals surface area contributed by atoms with E-state index in [0.717, 1.165) is 68.2 Å². The van der Waals surface area contributed by atoms with Crippen molar-refractivity contribution in [3.8, 4) is 0 Å². The summed E-state index contributed by atoms with van der Waals surface area (Å²) in [5, 5.41) is 0. The highest BCUT2D eigenvalue weighted by molar-refractivity contribution is 5.79. The highest BCUT2D eigenvalue weighted by atomic mass is 16.2. The van der Waals surface area contributed by atoms with E-state index in [4.69, 9.17) is 0 Å². The maximum absolute atomic E-state index is 12.3. The summed E-state index contributed by atoms with van der Waals surface area (Å²) in [7, 11) is 1.74. The summed E-state index contributed by atoms with van der Waals surface area (Å²) in [5.41, 5.74) is 2.03. The van der Waals surface area contributed by atoms with Crippen LogP contribution < -0.4 is 0 Å². The number of pyridine rings is 1. The number of aryl methyl sites for hydroxylation is 2. The lowest BCUT2D eigenvalue weighted by Crippen LogP contribution is -2.38. The van der Waals surface area contributed by atoms with Crippen LogP contribution in [0.5, 0.6) is 0 Å². The minimum atomic E-state index is -0.281. The van der Waals surface area contributed by atoms with Crippen molar-refractivity contribution in [3.05, 3.63) is 24.3 Å². The zero-order valence-corrected chi connectivity index (χ0v) is 16.1. The van der Waals surface area contributed by atoms with Crippen molar-refractivity contribution in [3.63, 3.8) is 0 Å². The van der Waals surface area contributed by atoms with Gasteiger partial charge in [0, 0.05) is 26.2 Å². The van der Waals surface area contributed by atoms with Crippen LogP contribution in [0.15, 0.2) is 18.5 Å². The SMILES string of the molecule is CCCC[C@@H](C=O)N(C)C(=O)CCCCCn1c(C)nc2cnccc21. The number of aromatic nitrogens is 3. The Balaban J connectivity index is 1.75. The van der Waals surface area contributed by atoms with Crippen LogP contribution >= 0.6 is 0 Å². The van der Waals surface area contributed by atoms with Gasteiger partial charge in [0.05, 0.1) is 17.8 Å². The van der Waals surface area contributed by atoms with Crippen molar-refractivity contribution >= 4 is 23.2 Å². The average molecular weight is 358 g/mol. The molecule has 0 N–H and O–H groups in total. The van der Waals surface area contributed by atoms with E-state index in [0.29, 0.717) is 6.42 Å². The summed E-state index contributed by atoms with van der Waals surface area (Å²) in [6.45, 7) is 4.99. The molecule has 0 aliphatic rings. The van der Waals surface area contributed by atoms with Gasteiger partial charge in [-0.1, -0.05) is 26.2 Å². The van der Waals surface area contributed by atoms with Crippen LogP contribution in [0.4, 0.5) is 0 Å². The van der Waals surface area contributed by atoms with Crippen LogP contribution in [0.1, 0.15) is 57.7 Å². The lowest BCUT2D eigenvalue weighted by molar-refractivity contribution is -0.135. The lowest BCUT2D eigenvalue weighted by atomic mass is 10.1. The van der Waals surface area contributed by atoms with Gasteiger partial charge in [-0.05, 0) is 32.3 Å². The third kappa shape index (κ3) is 5.13. The lowest BCUT2D eigenvalue weighted by Gasteiger charge is -2.23. The standard InChI is InChI=1S/C20H30N4O2/c1-4-5-9-17(15-25)23(3)20(26)10-7-6-8-13-24-16(2)22-18-14-21-12-11-19(18)24/h11-12,14-15,17H,4-10,13H2,1-3H3/t17-/m0/s1. The monoisotopic (exact) mass is 358 g/mol. The summed E-state index contributed by atoms with van der Waals surface area (Å²) in [6, 6.07) is 1.71. The number of fused-ring (bicyclic) bond motifs is 1. The molecule has 2 heterocycles. The van der Waals surface area contributed by atoms with E-state index in [1.807, 2.05) is 13.0 Å². The van der Waals surface area contributed by atoms with Crippen LogP contribution in [0, 0.1) is 6.92 Å². The number of hydrogen-bond acceptors (Lipinski definition) is 4. The third-order valence-corrected chi connectivity index (χ3v) is 4.92.